The van der Waals surface area contributed by atoms with E-state index in [2.05, 4.69) is 38.9 Å². The van der Waals surface area contributed by atoms with Crippen molar-refractivity contribution >= 4 is 32.6 Å². The van der Waals surface area contributed by atoms with Gasteiger partial charge < -0.3 is 20.7 Å². The molecule has 1 aromatic carbocycles. The van der Waals surface area contributed by atoms with Gasteiger partial charge in [-0.2, -0.15) is 0 Å². The van der Waals surface area contributed by atoms with Gasteiger partial charge in [0.1, 0.15) is 0 Å². The molecule has 3 N–H and O–H groups in total. The first-order chi connectivity index (χ1) is 12.3. The Hall–Kier alpha value is -1.86. The number of rotatable bonds is 6. The lowest BCUT2D eigenvalue weighted by Crippen LogP contribution is -2.47. The van der Waals surface area contributed by atoms with E-state index in [9.17, 15) is 0 Å². The van der Waals surface area contributed by atoms with Crippen molar-refractivity contribution in [3.05, 3.63) is 24.3 Å². The van der Waals surface area contributed by atoms with E-state index in [1.165, 1.54) is 17.5 Å². The monoisotopic (exact) mass is 359 g/mol. The van der Waals surface area contributed by atoms with Gasteiger partial charge in [-0.05, 0) is 38.3 Å². The number of hydrogen-bond acceptors (Lipinski definition) is 5. The summed E-state index contributed by atoms with van der Waals surface area (Å²) in [6.45, 7) is 4.42. The molecule has 7 heteroatoms. The van der Waals surface area contributed by atoms with E-state index < -0.39 is 0 Å². The van der Waals surface area contributed by atoms with Crippen LogP contribution in [0.25, 0.3) is 10.2 Å². The Morgan fingerprint density at radius 2 is 2.28 bits per heavy atom. The Labute approximate surface area is 152 Å². The topological polar surface area (TPSA) is 70.6 Å². The van der Waals surface area contributed by atoms with Crippen LogP contribution < -0.4 is 16.0 Å². The minimum atomic E-state index is 0.356. The molecule has 2 bridgehead atoms. The smallest absolute Gasteiger partial charge is 0.191 e. The average molecular weight is 359 g/mol. The van der Waals surface area contributed by atoms with E-state index in [0.717, 1.165) is 36.1 Å². The molecule has 3 atom stereocenters. The van der Waals surface area contributed by atoms with Crippen molar-refractivity contribution in [3.63, 3.8) is 0 Å². The molecule has 4 rings (SSSR count). The molecule has 2 fully saturated rings. The fraction of sp³-hybridized carbons (Fsp3) is 0.556. The molecule has 2 aliphatic rings. The van der Waals surface area contributed by atoms with Crippen LogP contribution in [0.5, 0.6) is 0 Å². The zero-order valence-corrected chi connectivity index (χ0v) is 15.3. The first-order valence-electron chi connectivity index (χ1n) is 9.11. The molecule has 0 amide bonds. The third kappa shape index (κ3) is 3.88. The fourth-order valence-corrected chi connectivity index (χ4v) is 4.46. The zero-order chi connectivity index (χ0) is 17.1. The Morgan fingerprint density at radius 3 is 3.04 bits per heavy atom. The molecule has 6 nitrogen and oxygen atoms in total. The normalized spacial score (nSPS) is 25.5. The summed E-state index contributed by atoms with van der Waals surface area (Å²) in [6, 6.07) is 8.60. The first kappa shape index (κ1) is 16.6. The standard InChI is InChI=1S/C18H25N5OS/c1-2-19-17(22-14-11-12-7-8-15(14)24-12)20-9-10-21-18-23-13-5-3-4-6-16(13)25-18/h3-6,12,14-15H,2,7-11H2,1H3,(H,21,23)(H2,19,20,22). The van der Waals surface area contributed by atoms with Gasteiger partial charge in [-0.15, -0.1) is 0 Å². The highest BCUT2D eigenvalue weighted by molar-refractivity contribution is 7.22. The predicted octanol–water partition coefficient (Wildman–Crippen LogP) is 2.58. The second-order valence-electron chi connectivity index (χ2n) is 6.53. The summed E-state index contributed by atoms with van der Waals surface area (Å²) >= 11 is 1.68. The summed E-state index contributed by atoms with van der Waals surface area (Å²) in [4.78, 5) is 9.27. The Morgan fingerprint density at radius 1 is 1.36 bits per heavy atom. The summed E-state index contributed by atoms with van der Waals surface area (Å²) < 4.78 is 7.12. The Bertz CT molecular complexity index is 713. The number of aromatic nitrogens is 1. The van der Waals surface area contributed by atoms with Crippen LogP contribution in [0.4, 0.5) is 5.13 Å². The molecule has 0 saturated carbocycles. The van der Waals surface area contributed by atoms with Crippen LogP contribution in [-0.4, -0.2) is 48.8 Å². The molecule has 25 heavy (non-hydrogen) atoms. The highest BCUT2D eigenvalue weighted by Crippen LogP contribution is 2.34. The van der Waals surface area contributed by atoms with Crippen molar-refractivity contribution in [1.29, 1.82) is 0 Å². The molecule has 3 unspecified atom stereocenters. The molecule has 134 valence electrons. The van der Waals surface area contributed by atoms with Gasteiger partial charge in [-0.25, -0.2) is 4.98 Å². The summed E-state index contributed by atoms with van der Waals surface area (Å²) in [5, 5.41) is 11.2. The molecule has 0 radical (unpaired) electrons. The van der Waals surface area contributed by atoms with Crippen LogP contribution in [-0.2, 0) is 4.74 Å². The number of thiazole rings is 1. The van der Waals surface area contributed by atoms with Gasteiger partial charge in [-0.1, -0.05) is 23.5 Å². The predicted molar refractivity (Wildman–Crippen MR) is 104 cm³/mol. The summed E-state index contributed by atoms with van der Waals surface area (Å²) in [5.41, 5.74) is 1.05. The first-order valence-corrected chi connectivity index (χ1v) is 9.93. The van der Waals surface area contributed by atoms with E-state index >= 15 is 0 Å². The molecular formula is C18H25N5OS. The van der Waals surface area contributed by atoms with Crippen LogP contribution in [0.15, 0.2) is 29.3 Å². The van der Waals surface area contributed by atoms with E-state index in [1.807, 2.05) is 18.2 Å². The van der Waals surface area contributed by atoms with Crippen molar-refractivity contribution < 1.29 is 4.74 Å². The summed E-state index contributed by atoms with van der Waals surface area (Å²) in [6.07, 6.45) is 4.28. The molecule has 2 aliphatic heterocycles. The zero-order valence-electron chi connectivity index (χ0n) is 14.5. The van der Waals surface area contributed by atoms with Crippen molar-refractivity contribution in [2.75, 3.05) is 25.0 Å². The number of anilines is 1. The second-order valence-corrected chi connectivity index (χ2v) is 7.57. The third-order valence-corrected chi connectivity index (χ3v) is 5.72. The van der Waals surface area contributed by atoms with Crippen molar-refractivity contribution in [2.45, 2.75) is 44.4 Å². The molecule has 2 saturated heterocycles. The lowest BCUT2D eigenvalue weighted by atomic mass is 9.96. The highest BCUT2D eigenvalue weighted by atomic mass is 32.1. The van der Waals surface area contributed by atoms with Gasteiger partial charge in [0, 0.05) is 13.1 Å². The van der Waals surface area contributed by atoms with Gasteiger partial charge in [0.05, 0.1) is 35.0 Å². The number of ether oxygens (including phenoxy) is 1. The maximum atomic E-state index is 5.91. The molecular weight excluding hydrogens is 334 g/mol. The number of fused-ring (bicyclic) bond motifs is 3. The average Bonchev–Trinajstić information content (AvgIpc) is 3.33. The van der Waals surface area contributed by atoms with Crippen molar-refractivity contribution in [3.8, 4) is 0 Å². The Balaban J connectivity index is 1.29. The SMILES string of the molecule is CCNC(=NCCNc1nc2ccccc2s1)NC1CC2CCC1O2. The molecule has 2 aromatic rings. The van der Waals surface area contributed by atoms with Gasteiger partial charge in [0.15, 0.2) is 11.1 Å². The number of guanidine groups is 1. The summed E-state index contributed by atoms with van der Waals surface area (Å²) in [7, 11) is 0. The van der Waals surface area contributed by atoms with E-state index in [0.29, 0.717) is 24.8 Å². The third-order valence-electron chi connectivity index (χ3n) is 4.72. The minimum Gasteiger partial charge on any atom is -0.373 e. The number of hydrogen-bond donors (Lipinski definition) is 3. The second kappa shape index (κ2) is 7.58. The Kier molecular flexibility index (Phi) is 5.03. The number of benzene rings is 1. The van der Waals surface area contributed by atoms with Gasteiger partial charge in [-0.3, -0.25) is 4.99 Å². The lowest BCUT2D eigenvalue weighted by molar-refractivity contribution is 0.0992. The summed E-state index contributed by atoms with van der Waals surface area (Å²) in [5.74, 6) is 0.884. The van der Waals surface area contributed by atoms with Crippen LogP contribution in [0.2, 0.25) is 0 Å². The number of aliphatic imine (C=N–C) groups is 1. The number of nitrogens with one attached hydrogen (secondary N) is 3. The molecule has 1 aromatic heterocycles. The van der Waals surface area contributed by atoms with E-state index in [1.54, 1.807) is 11.3 Å². The van der Waals surface area contributed by atoms with Crippen LogP contribution >= 0.6 is 11.3 Å². The van der Waals surface area contributed by atoms with E-state index in [-0.39, 0.29) is 0 Å². The number of nitrogens with zero attached hydrogens (tertiary/aromatic N) is 2. The maximum Gasteiger partial charge on any atom is 0.191 e. The van der Waals surface area contributed by atoms with Crippen molar-refractivity contribution in [1.82, 2.24) is 15.6 Å². The quantitative estimate of drug-likeness (QED) is 0.420. The lowest BCUT2D eigenvalue weighted by Gasteiger charge is -2.22. The van der Waals surface area contributed by atoms with Crippen molar-refractivity contribution in [2.24, 2.45) is 4.99 Å². The van der Waals surface area contributed by atoms with Gasteiger partial charge in [0.25, 0.3) is 0 Å². The van der Waals surface area contributed by atoms with E-state index in [4.69, 9.17) is 4.74 Å². The fourth-order valence-electron chi connectivity index (χ4n) is 3.56. The largest absolute Gasteiger partial charge is 0.373 e. The highest BCUT2D eigenvalue weighted by Gasteiger charge is 2.41. The molecule has 3 heterocycles. The van der Waals surface area contributed by atoms with Gasteiger partial charge in [0.2, 0.25) is 0 Å². The molecule has 0 spiro atoms. The minimum absolute atomic E-state index is 0.356. The van der Waals surface area contributed by atoms with Crippen LogP contribution in [0.1, 0.15) is 26.2 Å². The van der Waals surface area contributed by atoms with Crippen LogP contribution in [0, 0.1) is 0 Å². The maximum absolute atomic E-state index is 5.91. The molecule has 0 aliphatic carbocycles. The van der Waals surface area contributed by atoms with Gasteiger partial charge >= 0.3 is 0 Å². The number of para-hydroxylation sites is 1. The van der Waals surface area contributed by atoms with Crippen LogP contribution in [0.3, 0.4) is 0 Å².